The molecule has 0 radical (unpaired) electrons. The van der Waals surface area contributed by atoms with Crippen LogP contribution in [0.4, 0.5) is 10.6 Å². The summed E-state index contributed by atoms with van der Waals surface area (Å²) in [5.41, 5.74) is 2.68. The molecule has 0 bridgehead atoms. The third-order valence-corrected chi connectivity index (χ3v) is 4.73. The average Bonchev–Trinajstić information content (AvgIpc) is 3.20. The van der Waals surface area contributed by atoms with E-state index in [-0.39, 0.29) is 22.7 Å². The number of amides is 2. The maximum atomic E-state index is 12.2. The Balaban J connectivity index is 1.88. The first-order valence-electron chi connectivity index (χ1n) is 7.76. The Bertz CT molecular complexity index is 933. The van der Waals surface area contributed by atoms with E-state index in [1.54, 1.807) is 0 Å². The van der Waals surface area contributed by atoms with E-state index in [0.29, 0.717) is 11.7 Å². The molecule has 1 fully saturated rings. The van der Waals surface area contributed by atoms with Gasteiger partial charge in [0.05, 0.1) is 5.75 Å². The molecular weight excluding hydrogens is 336 g/mol. The van der Waals surface area contributed by atoms with Crippen molar-refractivity contribution in [1.82, 2.24) is 4.98 Å². The summed E-state index contributed by atoms with van der Waals surface area (Å²) in [4.78, 5) is 29.9. The molecule has 0 N–H and O–H groups in total. The van der Waals surface area contributed by atoms with Crippen LogP contribution in [0, 0.1) is 6.92 Å². The summed E-state index contributed by atoms with van der Waals surface area (Å²) >= 11 is 0.975. The first kappa shape index (κ1) is 15.7. The fraction of sp³-hybridized carbons (Fsp3) is 0.105. The van der Waals surface area contributed by atoms with Crippen LogP contribution >= 0.6 is 11.8 Å². The number of rotatable bonds is 3. The van der Waals surface area contributed by atoms with E-state index in [4.69, 9.17) is 4.42 Å². The highest BCUT2D eigenvalue weighted by molar-refractivity contribution is 8.15. The minimum atomic E-state index is -0.328. The van der Waals surface area contributed by atoms with E-state index in [9.17, 15) is 9.59 Å². The van der Waals surface area contributed by atoms with Crippen LogP contribution in [0.15, 0.2) is 59.0 Å². The third kappa shape index (κ3) is 2.85. The number of imide groups is 1. The first-order valence-corrected chi connectivity index (χ1v) is 8.75. The largest absolute Gasteiger partial charge is 0.434 e. The van der Waals surface area contributed by atoms with Gasteiger partial charge in [0.25, 0.3) is 5.24 Å². The molecule has 0 unspecified atom stereocenters. The Kier molecular flexibility index (Phi) is 3.89. The summed E-state index contributed by atoms with van der Waals surface area (Å²) < 4.78 is 5.97. The monoisotopic (exact) mass is 350 g/mol. The van der Waals surface area contributed by atoms with Crippen LogP contribution in [-0.4, -0.2) is 21.9 Å². The Morgan fingerprint density at radius 2 is 1.72 bits per heavy atom. The fourth-order valence-electron chi connectivity index (χ4n) is 2.62. The van der Waals surface area contributed by atoms with E-state index in [1.807, 2.05) is 61.5 Å². The summed E-state index contributed by atoms with van der Waals surface area (Å²) in [7, 11) is 0. The second-order valence-corrected chi connectivity index (χ2v) is 6.61. The van der Waals surface area contributed by atoms with E-state index in [1.165, 1.54) is 0 Å². The average molecular weight is 350 g/mol. The highest BCUT2D eigenvalue weighted by atomic mass is 32.2. The SMILES string of the molecule is Cc1ccc(-c2nc(N3C(=O)CSC3=O)c(-c3ccccc3)o2)cc1. The molecule has 2 aromatic carbocycles. The van der Waals surface area contributed by atoms with E-state index in [0.717, 1.165) is 33.4 Å². The Labute approximate surface area is 148 Å². The van der Waals surface area contributed by atoms with Crippen molar-refractivity contribution in [1.29, 1.82) is 0 Å². The van der Waals surface area contributed by atoms with Gasteiger partial charge in [0.1, 0.15) is 0 Å². The third-order valence-electron chi connectivity index (χ3n) is 3.91. The van der Waals surface area contributed by atoms with Crippen molar-refractivity contribution in [3.05, 3.63) is 60.2 Å². The summed E-state index contributed by atoms with van der Waals surface area (Å²) in [6.07, 6.45) is 0. The van der Waals surface area contributed by atoms with Crippen molar-refractivity contribution >= 4 is 28.7 Å². The predicted molar refractivity (Wildman–Crippen MR) is 97.5 cm³/mol. The smallest absolute Gasteiger partial charge is 0.294 e. The Morgan fingerprint density at radius 1 is 1.00 bits per heavy atom. The maximum Gasteiger partial charge on any atom is 0.294 e. The van der Waals surface area contributed by atoms with Gasteiger partial charge in [-0.1, -0.05) is 59.8 Å². The van der Waals surface area contributed by atoms with E-state index < -0.39 is 0 Å². The number of benzene rings is 2. The second kappa shape index (κ2) is 6.22. The van der Waals surface area contributed by atoms with Gasteiger partial charge in [-0.3, -0.25) is 9.59 Å². The number of anilines is 1. The molecule has 0 atom stereocenters. The van der Waals surface area contributed by atoms with Gasteiger partial charge in [0.2, 0.25) is 11.8 Å². The number of carbonyl (C=O) groups excluding carboxylic acids is 2. The lowest BCUT2D eigenvalue weighted by Gasteiger charge is -2.10. The minimum absolute atomic E-state index is 0.125. The summed E-state index contributed by atoms with van der Waals surface area (Å²) in [5.74, 6) is 0.893. The zero-order valence-corrected chi connectivity index (χ0v) is 14.2. The summed E-state index contributed by atoms with van der Waals surface area (Å²) in [5, 5.41) is -0.328. The first-order chi connectivity index (χ1) is 12.1. The molecule has 0 saturated carbocycles. The highest BCUT2D eigenvalue weighted by Gasteiger charge is 2.36. The van der Waals surface area contributed by atoms with Crippen molar-refractivity contribution in [2.45, 2.75) is 6.92 Å². The van der Waals surface area contributed by atoms with Crippen molar-refractivity contribution < 1.29 is 14.0 Å². The molecule has 0 aliphatic carbocycles. The van der Waals surface area contributed by atoms with Crippen LogP contribution in [0.1, 0.15) is 5.56 Å². The number of carbonyl (C=O) groups is 2. The van der Waals surface area contributed by atoms with Crippen LogP contribution < -0.4 is 4.90 Å². The van der Waals surface area contributed by atoms with Crippen molar-refractivity contribution in [2.24, 2.45) is 0 Å². The van der Waals surface area contributed by atoms with E-state index in [2.05, 4.69) is 4.98 Å². The van der Waals surface area contributed by atoms with Crippen LogP contribution in [0.25, 0.3) is 22.8 Å². The summed E-state index contributed by atoms with van der Waals surface area (Å²) in [6, 6.07) is 17.1. The molecule has 1 aromatic heterocycles. The normalized spacial score (nSPS) is 14.4. The standard InChI is InChI=1S/C19H14N2O3S/c1-12-7-9-14(10-8-12)18-20-17(21-15(22)11-25-19(21)23)16(24-18)13-5-3-2-4-6-13/h2-10H,11H2,1H3. The van der Waals surface area contributed by atoms with Gasteiger partial charge in [0, 0.05) is 11.1 Å². The molecule has 0 spiro atoms. The van der Waals surface area contributed by atoms with Crippen LogP contribution in [-0.2, 0) is 4.79 Å². The lowest BCUT2D eigenvalue weighted by Crippen LogP contribution is -2.28. The van der Waals surface area contributed by atoms with Gasteiger partial charge in [-0.05, 0) is 19.1 Å². The molecular formula is C19H14N2O3S. The fourth-order valence-corrected chi connectivity index (χ4v) is 3.31. The van der Waals surface area contributed by atoms with Crippen LogP contribution in [0.5, 0.6) is 0 Å². The molecule has 1 aliphatic heterocycles. The Morgan fingerprint density at radius 3 is 2.36 bits per heavy atom. The number of nitrogens with zero attached hydrogens (tertiary/aromatic N) is 2. The van der Waals surface area contributed by atoms with Gasteiger partial charge in [0.15, 0.2) is 11.6 Å². The van der Waals surface area contributed by atoms with Crippen molar-refractivity contribution in [2.75, 3.05) is 10.7 Å². The number of thioether (sulfide) groups is 1. The molecule has 4 rings (SSSR count). The summed E-state index contributed by atoms with van der Waals surface area (Å²) in [6.45, 7) is 2.00. The molecule has 25 heavy (non-hydrogen) atoms. The zero-order chi connectivity index (χ0) is 17.4. The number of oxazole rings is 1. The molecule has 6 heteroatoms. The molecule has 1 saturated heterocycles. The quantitative estimate of drug-likeness (QED) is 0.695. The van der Waals surface area contributed by atoms with Crippen LogP contribution in [0.2, 0.25) is 0 Å². The number of hydrogen-bond acceptors (Lipinski definition) is 5. The van der Waals surface area contributed by atoms with Gasteiger partial charge in [-0.25, -0.2) is 4.90 Å². The molecule has 2 amide bonds. The zero-order valence-electron chi connectivity index (χ0n) is 13.4. The molecule has 2 heterocycles. The molecule has 3 aromatic rings. The minimum Gasteiger partial charge on any atom is -0.434 e. The highest BCUT2D eigenvalue weighted by Crippen LogP contribution is 2.38. The Hall–Kier alpha value is -2.86. The molecule has 5 nitrogen and oxygen atoms in total. The number of hydrogen-bond donors (Lipinski definition) is 0. The van der Waals surface area contributed by atoms with Crippen LogP contribution in [0.3, 0.4) is 0 Å². The van der Waals surface area contributed by atoms with Gasteiger partial charge < -0.3 is 4.42 Å². The molecule has 124 valence electrons. The van der Waals surface area contributed by atoms with Gasteiger partial charge in [-0.15, -0.1) is 0 Å². The van der Waals surface area contributed by atoms with Gasteiger partial charge in [-0.2, -0.15) is 4.98 Å². The van der Waals surface area contributed by atoms with Crippen molar-refractivity contribution in [3.8, 4) is 22.8 Å². The van der Waals surface area contributed by atoms with Gasteiger partial charge >= 0.3 is 0 Å². The maximum absolute atomic E-state index is 12.2. The van der Waals surface area contributed by atoms with E-state index >= 15 is 0 Å². The lowest BCUT2D eigenvalue weighted by atomic mass is 10.1. The van der Waals surface area contributed by atoms with Crippen molar-refractivity contribution in [3.63, 3.8) is 0 Å². The predicted octanol–water partition coefficient (Wildman–Crippen LogP) is 4.52. The topological polar surface area (TPSA) is 63.4 Å². The second-order valence-electron chi connectivity index (χ2n) is 5.69. The lowest BCUT2D eigenvalue weighted by molar-refractivity contribution is -0.115. The molecule has 1 aliphatic rings. The number of aryl methyl sites for hydroxylation is 1. The number of aromatic nitrogens is 1.